The molecule has 0 N–H and O–H groups in total. The van der Waals surface area contributed by atoms with Gasteiger partial charge in [-0.05, 0) is 65.1 Å². The van der Waals surface area contributed by atoms with Crippen LogP contribution in [-0.2, 0) is 27.2 Å². The molecule has 0 radical (unpaired) electrons. The largest absolute Gasteiger partial charge is 0.497 e. The Balaban J connectivity index is 0.000000149. The number of nitrogens with zero attached hydrogens (tertiary/aromatic N) is 2. The van der Waals surface area contributed by atoms with Crippen molar-refractivity contribution in [3.05, 3.63) is 77.9 Å². The smallest absolute Gasteiger partial charge is 0.243 e. The fourth-order valence-corrected chi connectivity index (χ4v) is 4.54. The van der Waals surface area contributed by atoms with Gasteiger partial charge in [-0.2, -0.15) is 0 Å². The molecule has 0 aromatic heterocycles. The Morgan fingerprint density at radius 2 is 1.86 bits per heavy atom. The number of hydrogen-bond acceptors (Lipinski definition) is 5. The van der Waals surface area contributed by atoms with Crippen LogP contribution in [0.25, 0.3) is 11.1 Å². The molecule has 1 unspecified atom stereocenters. The predicted octanol–water partition coefficient (Wildman–Crippen LogP) is 4.37. The van der Waals surface area contributed by atoms with Crippen molar-refractivity contribution in [3.8, 4) is 22.6 Å². The molecule has 2 aromatic rings. The van der Waals surface area contributed by atoms with Gasteiger partial charge in [0.25, 0.3) is 0 Å². The molecule has 0 saturated carbocycles. The quantitative estimate of drug-likeness (QED) is 0.364. The molecule has 1 saturated heterocycles. The highest BCUT2D eigenvalue weighted by atomic mass is 16.5. The number of fused-ring (bicyclic) bond motifs is 2. The number of rotatable bonds is 7. The second-order valence-electron chi connectivity index (χ2n) is 9.05. The Kier molecular flexibility index (Phi) is 6.46. The maximum atomic E-state index is 12.2. The van der Waals surface area contributed by atoms with Gasteiger partial charge in [0.1, 0.15) is 11.5 Å². The molecule has 1 atom stereocenters. The van der Waals surface area contributed by atoms with E-state index in [4.69, 9.17) is 9.47 Å². The number of carbonyl (C=O) groups excluding carboxylic acids is 3. The summed E-state index contributed by atoms with van der Waals surface area (Å²) in [4.78, 5) is 35.2. The number of anilines is 1. The summed E-state index contributed by atoms with van der Waals surface area (Å²) in [5, 5.41) is 2.84. The fraction of sp³-hybridized carbons (Fsp3) is 0.276. The number of methoxy groups -OCH3 is 1. The van der Waals surface area contributed by atoms with Crippen LogP contribution >= 0.6 is 0 Å². The predicted molar refractivity (Wildman–Crippen MR) is 136 cm³/mol. The van der Waals surface area contributed by atoms with Gasteiger partial charge < -0.3 is 9.47 Å². The van der Waals surface area contributed by atoms with E-state index in [2.05, 4.69) is 18.2 Å². The topological polar surface area (TPSA) is 76.2 Å². The number of amides is 2. The SMILES string of the molecule is COc1ccc(N(C(C)=O)N2CCC2=O)cc1.O=C(CCc1ccc2cc1-2)C1Cc2ccccc2O1. The summed E-state index contributed by atoms with van der Waals surface area (Å²) < 4.78 is 10.8. The van der Waals surface area contributed by atoms with Gasteiger partial charge in [-0.1, -0.05) is 30.3 Å². The lowest BCUT2D eigenvalue weighted by Crippen LogP contribution is -2.56. The molecule has 2 amide bonds. The van der Waals surface area contributed by atoms with Crippen molar-refractivity contribution in [2.24, 2.45) is 0 Å². The number of hydrazine groups is 1. The van der Waals surface area contributed by atoms with Crippen LogP contribution in [-0.4, -0.2) is 42.4 Å². The molecule has 4 aliphatic rings. The van der Waals surface area contributed by atoms with Gasteiger partial charge in [0.2, 0.25) is 11.8 Å². The number of Topliss-reactive ketones (excluding diaryl/α,β-unsaturated/α-hetero) is 1. The van der Waals surface area contributed by atoms with Gasteiger partial charge in [0, 0.05) is 26.2 Å². The van der Waals surface area contributed by atoms with Crippen LogP contribution in [0.15, 0.2) is 66.7 Å². The van der Waals surface area contributed by atoms with Crippen LogP contribution in [0, 0.1) is 0 Å². The van der Waals surface area contributed by atoms with E-state index >= 15 is 0 Å². The first-order chi connectivity index (χ1) is 17.4. The third-order valence-corrected chi connectivity index (χ3v) is 6.67. The fourth-order valence-electron chi connectivity index (χ4n) is 4.54. The lowest BCUT2D eigenvalue weighted by Gasteiger charge is -2.39. The van der Waals surface area contributed by atoms with Gasteiger partial charge in [-0.25, -0.2) is 10.0 Å². The maximum Gasteiger partial charge on any atom is 0.243 e. The molecule has 2 heterocycles. The van der Waals surface area contributed by atoms with E-state index in [1.807, 2.05) is 24.3 Å². The summed E-state index contributed by atoms with van der Waals surface area (Å²) in [6, 6.07) is 21.4. The van der Waals surface area contributed by atoms with Crippen molar-refractivity contribution in [1.29, 1.82) is 0 Å². The molecule has 36 heavy (non-hydrogen) atoms. The highest BCUT2D eigenvalue weighted by molar-refractivity contribution is 5.96. The zero-order valence-electron chi connectivity index (χ0n) is 20.4. The van der Waals surface area contributed by atoms with Crippen molar-refractivity contribution in [2.75, 3.05) is 18.7 Å². The van der Waals surface area contributed by atoms with Crippen molar-refractivity contribution in [2.45, 2.75) is 38.7 Å². The summed E-state index contributed by atoms with van der Waals surface area (Å²) in [5.74, 6) is 1.59. The number of carbonyl (C=O) groups is 3. The van der Waals surface area contributed by atoms with E-state index in [0.717, 1.165) is 24.2 Å². The molecule has 7 heteroatoms. The molecule has 2 aliphatic heterocycles. The Labute approximate surface area is 210 Å². The summed E-state index contributed by atoms with van der Waals surface area (Å²) >= 11 is 0. The van der Waals surface area contributed by atoms with E-state index in [1.54, 1.807) is 31.4 Å². The zero-order chi connectivity index (χ0) is 25.2. The lowest BCUT2D eigenvalue weighted by atomic mass is 10.0. The lowest BCUT2D eigenvalue weighted by molar-refractivity contribution is -0.144. The molecule has 7 nitrogen and oxygen atoms in total. The molecule has 184 valence electrons. The Hall–Kier alpha value is -4.13. The third-order valence-electron chi connectivity index (χ3n) is 6.67. The maximum absolute atomic E-state index is 12.2. The molecule has 0 bridgehead atoms. The molecular formula is C29H28N2O5. The van der Waals surface area contributed by atoms with Crippen LogP contribution in [0.2, 0.25) is 0 Å². The van der Waals surface area contributed by atoms with E-state index in [-0.39, 0.29) is 23.7 Å². The number of para-hydroxylation sites is 1. The van der Waals surface area contributed by atoms with Gasteiger partial charge in [-0.3, -0.25) is 14.4 Å². The van der Waals surface area contributed by atoms with Gasteiger partial charge in [-0.15, -0.1) is 0 Å². The van der Waals surface area contributed by atoms with Crippen LogP contribution in [0.5, 0.6) is 11.5 Å². The average molecular weight is 485 g/mol. The minimum Gasteiger partial charge on any atom is -0.497 e. The number of ether oxygens (including phenoxy) is 2. The number of ketones is 1. The molecule has 2 aromatic carbocycles. The van der Waals surface area contributed by atoms with Gasteiger partial charge in [0.15, 0.2) is 11.9 Å². The second-order valence-corrected chi connectivity index (χ2v) is 9.05. The first-order valence-corrected chi connectivity index (χ1v) is 12.1. The summed E-state index contributed by atoms with van der Waals surface area (Å²) in [6.07, 6.45) is 2.35. The zero-order valence-corrected chi connectivity index (χ0v) is 20.4. The summed E-state index contributed by atoms with van der Waals surface area (Å²) in [7, 11) is 1.58. The first kappa shape index (κ1) is 23.6. The minimum atomic E-state index is -0.278. The van der Waals surface area contributed by atoms with Crippen LogP contribution < -0.4 is 14.5 Å². The van der Waals surface area contributed by atoms with Gasteiger partial charge >= 0.3 is 0 Å². The number of β-lactam (4-membered cyclic amide) rings is 1. The highest BCUT2D eigenvalue weighted by Crippen LogP contribution is 2.39. The van der Waals surface area contributed by atoms with Crippen molar-refractivity contribution >= 4 is 23.3 Å². The van der Waals surface area contributed by atoms with E-state index < -0.39 is 0 Å². The molecule has 0 spiro atoms. The standard InChI is InChI=1S/C17H14O2.C12H14N2O3/c18-15(8-7-11-5-6-12-9-14(11)12)17-10-13-3-1-2-4-16(13)19-17;1-9(15)14(13-8-7-12(13)16)10-3-5-11(17-2)6-4-10/h1-6,9,17H,7-8,10H2;3-6H,7-8H2,1-2H3. The second kappa shape index (κ2) is 9.85. The first-order valence-electron chi connectivity index (χ1n) is 12.1. The minimum absolute atomic E-state index is 0.0315. The monoisotopic (exact) mass is 484 g/mol. The molecule has 6 rings (SSSR count). The van der Waals surface area contributed by atoms with E-state index in [1.165, 1.54) is 33.6 Å². The normalized spacial score (nSPS) is 16.1. The number of aryl methyl sites for hydroxylation is 1. The van der Waals surface area contributed by atoms with E-state index in [9.17, 15) is 14.4 Å². The summed E-state index contributed by atoms with van der Waals surface area (Å²) in [6.45, 7) is 2.03. The highest BCUT2D eigenvalue weighted by Gasteiger charge is 2.32. The number of hydrogen-bond donors (Lipinski definition) is 0. The Morgan fingerprint density at radius 3 is 2.42 bits per heavy atom. The third kappa shape index (κ3) is 4.82. The molecule has 2 aliphatic carbocycles. The van der Waals surface area contributed by atoms with E-state index in [0.29, 0.717) is 30.8 Å². The van der Waals surface area contributed by atoms with Crippen LogP contribution in [0.3, 0.4) is 0 Å². The van der Waals surface area contributed by atoms with Crippen LogP contribution in [0.1, 0.15) is 30.9 Å². The average Bonchev–Trinajstić information content (AvgIpc) is 3.35. The molecular weight excluding hydrogens is 456 g/mol. The van der Waals surface area contributed by atoms with Crippen LogP contribution in [0.4, 0.5) is 5.69 Å². The molecule has 1 fully saturated rings. The van der Waals surface area contributed by atoms with Crippen molar-refractivity contribution in [1.82, 2.24) is 5.01 Å². The summed E-state index contributed by atoms with van der Waals surface area (Å²) in [5.41, 5.74) is 5.82. The Bertz CT molecular complexity index is 1290. The number of benzene rings is 3. The van der Waals surface area contributed by atoms with Gasteiger partial charge in [0.05, 0.1) is 19.3 Å². The Morgan fingerprint density at radius 1 is 1.08 bits per heavy atom. The van der Waals surface area contributed by atoms with Crippen molar-refractivity contribution < 1.29 is 23.9 Å². The van der Waals surface area contributed by atoms with Crippen molar-refractivity contribution in [3.63, 3.8) is 0 Å².